The zero-order chi connectivity index (χ0) is 10.6. The van der Waals surface area contributed by atoms with Crippen LogP contribution in [0.3, 0.4) is 0 Å². The number of carbonyl (C=O) groups is 1. The fourth-order valence-electron chi connectivity index (χ4n) is 3.42. The van der Waals surface area contributed by atoms with E-state index in [2.05, 4.69) is 0 Å². The minimum Gasteiger partial charge on any atom is -0.600 e. The number of esters is 1. The van der Waals surface area contributed by atoms with Crippen LogP contribution in [0.4, 0.5) is 0 Å². The Morgan fingerprint density at radius 2 is 2.13 bits per heavy atom. The fourth-order valence-corrected chi connectivity index (χ4v) is 3.42. The highest BCUT2D eigenvalue weighted by Gasteiger charge is 2.57. The summed E-state index contributed by atoms with van der Waals surface area (Å²) in [6, 6.07) is 0. The van der Waals surface area contributed by atoms with E-state index in [1.165, 1.54) is 7.05 Å². The SMILES string of the molecule is C[NH+]([O-])OC1C2CC3CC(C2)C1OC3=O. The van der Waals surface area contributed by atoms with Gasteiger partial charge < -0.3 is 9.94 Å². The molecule has 2 saturated carbocycles. The zero-order valence-corrected chi connectivity index (χ0v) is 8.64. The second-order valence-corrected chi connectivity index (χ2v) is 4.90. The summed E-state index contributed by atoms with van der Waals surface area (Å²) in [6.07, 6.45) is 2.47. The highest BCUT2D eigenvalue weighted by molar-refractivity contribution is 5.74. The van der Waals surface area contributed by atoms with Gasteiger partial charge in [0.1, 0.15) is 6.10 Å². The third-order valence-corrected chi connectivity index (χ3v) is 3.92. The molecule has 3 fully saturated rings. The van der Waals surface area contributed by atoms with Crippen molar-refractivity contribution in [3.63, 3.8) is 0 Å². The van der Waals surface area contributed by atoms with E-state index in [1.807, 2.05) is 0 Å². The summed E-state index contributed by atoms with van der Waals surface area (Å²) in [6.45, 7) is 0. The van der Waals surface area contributed by atoms with Crippen LogP contribution in [0.2, 0.25) is 0 Å². The first kappa shape index (κ1) is 9.57. The van der Waals surface area contributed by atoms with Crippen LogP contribution < -0.4 is 5.23 Å². The van der Waals surface area contributed by atoms with Gasteiger partial charge in [-0.05, 0) is 31.1 Å². The van der Waals surface area contributed by atoms with Crippen LogP contribution in [0.5, 0.6) is 0 Å². The van der Waals surface area contributed by atoms with Crippen molar-refractivity contribution in [2.75, 3.05) is 7.05 Å². The molecule has 1 aliphatic heterocycles. The number of nitrogens with one attached hydrogen (secondary N) is 1. The Morgan fingerprint density at radius 3 is 2.87 bits per heavy atom. The van der Waals surface area contributed by atoms with Crippen molar-refractivity contribution in [2.24, 2.45) is 17.8 Å². The van der Waals surface area contributed by atoms with Gasteiger partial charge in [0, 0.05) is 0 Å². The van der Waals surface area contributed by atoms with Crippen molar-refractivity contribution in [1.29, 1.82) is 0 Å². The molecule has 3 aliphatic rings. The monoisotopic (exact) mass is 213 g/mol. The van der Waals surface area contributed by atoms with E-state index in [4.69, 9.17) is 9.57 Å². The van der Waals surface area contributed by atoms with E-state index in [0.717, 1.165) is 19.3 Å². The lowest BCUT2D eigenvalue weighted by atomic mass is 9.79. The minimum absolute atomic E-state index is 0.0607. The van der Waals surface area contributed by atoms with Crippen LogP contribution in [0.1, 0.15) is 19.3 Å². The molecule has 3 rings (SSSR count). The molecule has 0 aromatic heterocycles. The van der Waals surface area contributed by atoms with Crippen LogP contribution in [-0.2, 0) is 14.4 Å². The first-order valence-electron chi connectivity index (χ1n) is 5.53. The van der Waals surface area contributed by atoms with Crippen LogP contribution >= 0.6 is 0 Å². The molecular formula is C10H15NO4. The standard InChI is InChI=1S/C10H15NO4/c1-11(13)15-9-6-2-5-3-7(4-6)10(12)14-8(5)9/h5-9,11H,2-4H2,1H3. The number of hydrogen-bond donors (Lipinski definition) is 1. The van der Waals surface area contributed by atoms with E-state index in [-0.39, 0.29) is 29.3 Å². The molecule has 6 unspecified atom stereocenters. The van der Waals surface area contributed by atoms with Crippen LogP contribution in [-0.4, -0.2) is 25.2 Å². The molecule has 0 spiro atoms. The third-order valence-electron chi connectivity index (χ3n) is 3.92. The average molecular weight is 213 g/mol. The van der Waals surface area contributed by atoms with Crippen LogP contribution in [0.25, 0.3) is 0 Å². The molecular weight excluding hydrogens is 198 g/mol. The Balaban J connectivity index is 1.84. The van der Waals surface area contributed by atoms with Gasteiger partial charge in [-0.15, -0.1) is 0 Å². The van der Waals surface area contributed by atoms with Crippen molar-refractivity contribution in [1.82, 2.24) is 0 Å². The normalized spacial score (nSPS) is 49.2. The minimum atomic E-state index is -0.271. The Morgan fingerprint density at radius 1 is 1.40 bits per heavy atom. The van der Waals surface area contributed by atoms with Gasteiger partial charge in [0.05, 0.1) is 13.0 Å². The molecule has 1 N–H and O–H groups in total. The molecule has 5 heteroatoms. The lowest BCUT2D eigenvalue weighted by Crippen LogP contribution is -3.03. The number of rotatable bonds is 2. The Hall–Kier alpha value is -0.650. The Bertz CT molecular complexity index is 293. The lowest BCUT2D eigenvalue weighted by Gasteiger charge is -2.32. The van der Waals surface area contributed by atoms with Crippen molar-refractivity contribution in [3.8, 4) is 0 Å². The number of quaternary nitrogens is 1. The summed E-state index contributed by atoms with van der Waals surface area (Å²) in [7, 11) is 1.41. The summed E-state index contributed by atoms with van der Waals surface area (Å²) in [5.74, 6) is 0.742. The Labute approximate surface area is 87.9 Å². The van der Waals surface area contributed by atoms with Crippen LogP contribution in [0.15, 0.2) is 0 Å². The summed E-state index contributed by atoms with van der Waals surface area (Å²) in [5, 5.41) is 10.7. The van der Waals surface area contributed by atoms with Crippen LogP contribution in [0, 0.1) is 23.0 Å². The van der Waals surface area contributed by atoms with Crippen molar-refractivity contribution in [2.45, 2.75) is 31.5 Å². The highest BCUT2D eigenvalue weighted by Crippen LogP contribution is 2.50. The van der Waals surface area contributed by atoms with Gasteiger partial charge in [0.15, 0.2) is 6.10 Å². The number of hydrogen-bond acceptors (Lipinski definition) is 4. The summed E-state index contributed by atoms with van der Waals surface area (Å²) in [5.41, 5.74) is 0. The van der Waals surface area contributed by atoms with Crippen molar-refractivity contribution >= 4 is 5.97 Å². The molecule has 15 heavy (non-hydrogen) atoms. The van der Waals surface area contributed by atoms with E-state index in [9.17, 15) is 10.0 Å². The average Bonchev–Trinajstić information content (AvgIpc) is 2.35. The third kappa shape index (κ3) is 1.38. The Kier molecular flexibility index (Phi) is 2.02. The number of carbonyl (C=O) groups excluding carboxylic acids is 1. The first-order valence-corrected chi connectivity index (χ1v) is 5.53. The molecule has 84 valence electrons. The maximum atomic E-state index is 11.5. The summed E-state index contributed by atoms with van der Waals surface area (Å²) in [4.78, 5) is 16.8. The zero-order valence-electron chi connectivity index (χ0n) is 8.64. The summed E-state index contributed by atoms with van der Waals surface area (Å²) < 4.78 is 5.36. The molecule has 1 heterocycles. The summed E-state index contributed by atoms with van der Waals surface area (Å²) >= 11 is 0. The van der Waals surface area contributed by atoms with Gasteiger partial charge in [-0.3, -0.25) is 4.79 Å². The second-order valence-electron chi connectivity index (χ2n) is 4.90. The lowest BCUT2D eigenvalue weighted by molar-refractivity contribution is -1.04. The van der Waals surface area contributed by atoms with Gasteiger partial charge in [-0.2, -0.15) is 4.84 Å². The number of ether oxygens (including phenoxy) is 1. The highest BCUT2D eigenvalue weighted by atomic mass is 16.9. The predicted molar refractivity (Wildman–Crippen MR) is 49.3 cm³/mol. The van der Waals surface area contributed by atoms with E-state index >= 15 is 0 Å². The fraction of sp³-hybridized carbons (Fsp3) is 0.900. The van der Waals surface area contributed by atoms with Gasteiger partial charge >= 0.3 is 5.97 Å². The topological polar surface area (TPSA) is 63.0 Å². The van der Waals surface area contributed by atoms with Gasteiger partial charge in [0.2, 0.25) is 0 Å². The predicted octanol–water partition coefficient (Wildman–Crippen LogP) is -0.729. The number of fused-ring (bicyclic) bond motifs is 2. The maximum Gasteiger partial charge on any atom is 0.309 e. The molecule has 1 saturated heterocycles. The van der Waals surface area contributed by atoms with Crippen molar-refractivity contribution < 1.29 is 19.6 Å². The van der Waals surface area contributed by atoms with Crippen molar-refractivity contribution in [3.05, 3.63) is 5.21 Å². The molecule has 0 aromatic carbocycles. The molecule has 0 amide bonds. The van der Waals surface area contributed by atoms with E-state index < -0.39 is 0 Å². The number of hydroxylamine groups is 2. The van der Waals surface area contributed by atoms with Gasteiger partial charge in [0.25, 0.3) is 0 Å². The smallest absolute Gasteiger partial charge is 0.309 e. The first-order chi connectivity index (χ1) is 7.15. The van der Waals surface area contributed by atoms with Gasteiger partial charge in [-0.25, -0.2) is 5.23 Å². The maximum absolute atomic E-state index is 11.5. The van der Waals surface area contributed by atoms with E-state index in [0.29, 0.717) is 11.8 Å². The molecule has 5 nitrogen and oxygen atoms in total. The van der Waals surface area contributed by atoms with Gasteiger partial charge in [-0.1, -0.05) is 0 Å². The molecule has 2 aliphatic carbocycles. The molecule has 3 bridgehead atoms. The second kappa shape index (κ2) is 3.17. The molecule has 0 radical (unpaired) electrons. The molecule has 6 atom stereocenters. The quantitative estimate of drug-likeness (QED) is 0.485. The molecule has 0 aromatic rings. The van der Waals surface area contributed by atoms with E-state index in [1.54, 1.807) is 0 Å². The largest absolute Gasteiger partial charge is 0.600 e.